The molecule has 146 valence electrons. The van der Waals surface area contributed by atoms with Crippen molar-refractivity contribution in [1.29, 1.82) is 0 Å². The highest BCUT2D eigenvalue weighted by molar-refractivity contribution is 8.00. The van der Waals surface area contributed by atoms with Gasteiger partial charge in [0, 0.05) is 16.5 Å². The van der Waals surface area contributed by atoms with Crippen molar-refractivity contribution in [1.82, 2.24) is 5.43 Å². The Hall–Kier alpha value is -1.27. The number of carbonyl (C=O) groups is 2. The summed E-state index contributed by atoms with van der Waals surface area (Å²) in [6, 6.07) is 2.42. The van der Waals surface area contributed by atoms with Gasteiger partial charge in [0.2, 0.25) is 0 Å². The van der Waals surface area contributed by atoms with Crippen LogP contribution in [0, 0.1) is 0 Å². The first-order valence-electron chi connectivity index (χ1n) is 7.57. The Kier molecular flexibility index (Phi) is 8.90. The van der Waals surface area contributed by atoms with Crippen LogP contribution < -0.4 is 17.0 Å². The number of halogens is 3. The third kappa shape index (κ3) is 6.47. The normalized spacial score (nSPS) is 14.0. The number of Topliss-reactive ketones (excluding diaryl/α,β-unsaturated/α-hetero) is 1. The molecule has 1 aromatic carbocycles. The van der Waals surface area contributed by atoms with E-state index in [4.69, 9.17) is 11.6 Å². The van der Waals surface area contributed by atoms with Crippen molar-refractivity contribution < 1.29 is 27.9 Å². The topological polar surface area (TPSA) is 118 Å². The first kappa shape index (κ1) is 22.8. The Morgan fingerprint density at radius 3 is 2.54 bits per heavy atom. The lowest BCUT2D eigenvalue weighted by molar-refractivity contribution is -0.0328. The Morgan fingerprint density at radius 2 is 2.00 bits per heavy atom. The molecule has 0 aliphatic heterocycles. The highest BCUT2D eigenvalue weighted by Gasteiger charge is 2.35. The number of hydrogen-bond acceptors (Lipinski definition) is 7. The predicted molar refractivity (Wildman–Crippen MR) is 95.9 cm³/mol. The van der Waals surface area contributed by atoms with Crippen LogP contribution in [-0.4, -0.2) is 46.0 Å². The second-order valence-electron chi connectivity index (χ2n) is 5.16. The summed E-state index contributed by atoms with van der Waals surface area (Å²) < 4.78 is 38.4. The number of aliphatic hydroxyl groups is 1. The van der Waals surface area contributed by atoms with Crippen LogP contribution in [0.1, 0.15) is 34.1 Å². The molecular formula is C15H20F3N3O3S2. The lowest BCUT2D eigenvalue weighted by atomic mass is 9.95. The molecule has 1 amide bonds. The first-order chi connectivity index (χ1) is 12.1. The molecule has 6 N–H and O–H groups in total. The van der Waals surface area contributed by atoms with E-state index in [0.29, 0.717) is 12.2 Å². The number of nitrogen functional groups attached to an aromatic ring is 1. The summed E-state index contributed by atoms with van der Waals surface area (Å²) in [5, 5.41) is 10.2. The fourth-order valence-corrected chi connectivity index (χ4v) is 3.56. The van der Waals surface area contributed by atoms with Crippen LogP contribution in [0.25, 0.3) is 0 Å². The maximum absolute atomic E-state index is 12.8. The van der Waals surface area contributed by atoms with Crippen molar-refractivity contribution in [2.45, 2.75) is 35.9 Å². The molecule has 0 spiro atoms. The van der Waals surface area contributed by atoms with Gasteiger partial charge in [-0.05, 0) is 41.8 Å². The van der Waals surface area contributed by atoms with E-state index in [1.54, 1.807) is 17.2 Å². The van der Waals surface area contributed by atoms with Gasteiger partial charge in [0.1, 0.15) is 6.10 Å². The zero-order valence-corrected chi connectivity index (χ0v) is 15.5. The summed E-state index contributed by atoms with van der Waals surface area (Å²) >= 11 is 0.999. The van der Waals surface area contributed by atoms with E-state index in [1.165, 1.54) is 6.07 Å². The largest absolute Gasteiger partial charge is 0.446 e. The van der Waals surface area contributed by atoms with Crippen LogP contribution in [0.2, 0.25) is 0 Å². The number of benzene rings is 1. The highest BCUT2D eigenvalue weighted by Crippen LogP contribution is 2.39. The summed E-state index contributed by atoms with van der Waals surface area (Å²) in [6.07, 6.45) is -1.45. The maximum Gasteiger partial charge on any atom is 0.446 e. The van der Waals surface area contributed by atoms with Gasteiger partial charge in [-0.3, -0.25) is 15.0 Å². The second kappa shape index (κ2) is 10.2. The van der Waals surface area contributed by atoms with Crippen molar-refractivity contribution >= 4 is 35.2 Å². The number of aliphatic hydroxyl groups excluding tert-OH is 1. The third-order valence-corrected chi connectivity index (χ3v) is 5.07. The molecule has 1 unspecified atom stereocenters. The molecule has 1 aromatic rings. The molecule has 0 saturated carbocycles. The Labute approximate surface area is 157 Å². The van der Waals surface area contributed by atoms with Crippen molar-refractivity contribution in [3.8, 4) is 0 Å². The lowest BCUT2D eigenvalue weighted by Crippen LogP contribution is -2.42. The van der Waals surface area contributed by atoms with Gasteiger partial charge in [0.25, 0.3) is 5.91 Å². The number of rotatable bonds is 9. The average molecular weight is 411 g/mol. The molecule has 11 heteroatoms. The van der Waals surface area contributed by atoms with Crippen molar-refractivity contribution in [3.63, 3.8) is 0 Å². The number of thioether (sulfide) groups is 2. The fraction of sp³-hybridized carbons (Fsp3) is 0.467. The molecule has 2 atom stereocenters. The molecule has 6 nitrogen and oxygen atoms in total. The Balaban J connectivity index is 3.24. The molecule has 0 aliphatic rings. The summed E-state index contributed by atoms with van der Waals surface area (Å²) in [6.45, 7) is 1.93. The van der Waals surface area contributed by atoms with E-state index in [0.717, 1.165) is 17.9 Å². The van der Waals surface area contributed by atoms with E-state index >= 15 is 0 Å². The number of carbonyl (C=O) groups excluding carboxylic acids is 2. The first-order valence-corrected chi connectivity index (χ1v) is 9.54. The molecule has 0 aromatic heterocycles. The summed E-state index contributed by atoms with van der Waals surface area (Å²) in [5.74, 6) is 4.44. The maximum atomic E-state index is 12.8. The summed E-state index contributed by atoms with van der Waals surface area (Å²) in [4.78, 5) is 24.0. The molecule has 26 heavy (non-hydrogen) atoms. The minimum Gasteiger partial charge on any atom is -0.383 e. The number of hydrogen-bond donors (Lipinski definition) is 4. The van der Waals surface area contributed by atoms with Gasteiger partial charge < -0.3 is 10.8 Å². The third-order valence-electron chi connectivity index (χ3n) is 3.35. The van der Waals surface area contributed by atoms with Crippen molar-refractivity contribution in [2.24, 2.45) is 11.6 Å². The molecule has 0 aliphatic carbocycles. The van der Waals surface area contributed by atoms with E-state index < -0.39 is 51.6 Å². The van der Waals surface area contributed by atoms with E-state index in [-0.39, 0.29) is 5.56 Å². The highest BCUT2D eigenvalue weighted by atomic mass is 32.2. The summed E-state index contributed by atoms with van der Waals surface area (Å²) in [5.41, 5.74) is 1.98. The number of ketones is 1. The van der Waals surface area contributed by atoms with Crippen molar-refractivity contribution in [3.05, 3.63) is 29.3 Å². The number of hydrazine groups is 1. The quantitative estimate of drug-likeness (QED) is 0.122. The number of nitrogens with one attached hydrogen (secondary N) is 1. The minimum absolute atomic E-state index is 0.290. The van der Waals surface area contributed by atoms with Crippen LogP contribution in [0.4, 0.5) is 13.2 Å². The molecule has 0 saturated heterocycles. The predicted octanol–water partition coefficient (Wildman–Crippen LogP) is 1.92. The van der Waals surface area contributed by atoms with Gasteiger partial charge in [-0.1, -0.05) is 13.0 Å². The van der Waals surface area contributed by atoms with Gasteiger partial charge in [0.15, 0.2) is 5.78 Å². The van der Waals surface area contributed by atoms with Crippen LogP contribution >= 0.6 is 23.5 Å². The zero-order chi connectivity index (χ0) is 19.9. The standard InChI is InChI=1S/C15H20F3N3O3S2/c1-2-25-7-6-9(19)12(22)13(23)11-8(14(24)21-20)4-3-5-10(11)26-15(16,17)18/h3-5,9,12,22H,2,6-7,19-20H2,1H3,(H,21,24)/t9-,12?/m1/s1. The summed E-state index contributed by atoms with van der Waals surface area (Å²) in [7, 11) is 0. The fourth-order valence-electron chi connectivity index (χ4n) is 2.13. The van der Waals surface area contributed by atoms with Crippen LogP contribution in [-0.2, 0) is 0 Å². The molecule has 0 bridgehead atoms. The molecule has 0 radical (unpaired) electrons. The van der Waals surface area contributed by atoms with E-state index in [2.05, 4.69) is 0 Å². The van der Waals surface area contributed by atoms with E-state index in [9.17, 15) is 27.9 Å². The van der Waals surface area contributed by atoms with Crippen LogP contribution in [0.15, 0.2) is 23.1 Å². The van der Waals surface area contributed by atoms with Crippen LogP contribution in [0.5, 0.6) is 0 Å². The van der Waals surface area contributed by atoms with Gasteiger partial charge in [-0.2, -0.15) is 24.9 Å². The van der Waals surface area contributed by atoms with E-state index in [1.807, 2.05) is 6.92 Å². The van der Waals surface area contributed by atoms with Gasteiger partial charge >= 0.3 is 5.51 Å². The number of amides is 1. The SMILES string of the molecule is CCSCC[C@@H](N)C(O)C(=O)c1c(SC(F)(F)F)cccc1C(=O)NN. The molecular weight excluding hydrogens is 391 g/mol. The van der Waals surface area contributed by atoms with Gasteiger partial charge in [-0.15, -0.1) is 0 Å². The molecule has 1 rings (SSSR count). The Bertz CT molecular complexity index is 644. The van der Waals surface area contributed by atoms with Crippen molar-refractivity contribution in [2.75, 3.05) is 11.5 Å². The average Bonchev–Trinajstić information content (AvgIpc) is 2.58. The van der Waals surface area contributed by atoms with Crippen LogP contribution in [0.3, 0.4) is 0 Å². The molecule has 0 fully saturated rings. The molecule has 0 heterocycles. The Morgan fingerprint density at radius 1 is 1.35 bits per heavy atom. The lowest BCUT2D eigenvalue weighted by Gasteiger charge is -2.20. The zero-order valence-electron chi connectivity index (χ0n) is 13.9. The van der Waals surface area contributed by atoms with Gasteiger partial charge in [0.05, 0.1) is 5.56 Å². The van der Waals surface area contributed by atoms with Gasteiger partial charge in [-0.25, -0.2) is 5.84 Å². The minimum atomic E-state index is -4.68. The smallest absolute Gasteiger partial charge is 0.383 e. The number of nitrogens with two attached hydrogens (primary N) is 2. The monoisotopic (exact) mass is 411 g/mol. The number of alkyl halides is 3. The second-order valence-corrected chi connectivity index (χ2v) is 7.66.